The van der Waals surface area contributed by atoms with Crippen LogP contribution in [0.4, 0.5) is 5.69 Å². The lowest BCUT2D eigenvalue weighted by Gasteiger charge is -2.11. The molecule has 2 aromatic rings. The van der Waals surface area contributed by atoms with Crippen molar-refractivity contribution in [1.82, 2.24) is 14.9 Å². The van der Waals surface area contributed by atoms with Crippen LogP contribution in [0.5, 0.6) is 5.75 Å². The van der Waals surface area contributed by atoms with Crippen molar-refractivity contribution in [3.63, 3.8) is 0 Å². The van der Waals surface area contributed by atoms with Gasteiger partial charge in [-0.1, -0.05) is 11.6 Å². The zero-order valence-electron chi connectivity index (χ0n) is 11.7. The molecule has 0 unspecified atom stereocenters. The Bertz CT molecular complexity index is 663. The maximum absolute atomic E-state index is 11.2. The van der Waals surface area contributed by atoms with Crippen molar-refractivity contribution in [2.24, 2.45) is 0 Å². The molecule has 0 amide bonds. The van der Waals surface area contributed by atoms with E-state index in [4.69, 9.17) is 16.3 Å². The van der Waals surface area contributed by atoms with Gasteiger partial charge < -0.3 is 9.64 Å². The second kappa shape index (κ2) is 6.64. The highest BCUT2D eigenvalue weighted by Gasteiger charge is 2.18. The fraction of sp³-hybridized carbons (Fsp3) is 0.385. The van der Waals surface area contributed by atoms with E-state index in [2.05, 4.69) is 9.97 Å². The molecule has 0 saturated carbocycles. The van der Waals surface area contributed by atoms with Crippen molar-refractivity contribution in [2.75, 3.05) is 27.2 Å². The first-order valence-electron chi connectivity index (χ1n) is 6.35. The lowest BCUT2D eigenvalue weighted by atomic mass is 10.2. The average Bonchev–Trinajstić information content (AvgIpc) is 2.43. The summed E-state index contributed by atoms with van der Waals surface area (Å²) in [5.74, 6) is 0.195. The molecule has 0 aliphatic rings. The summed E-state index contributed by atoms with van der Waals surface area (Å²) in [7, 11) is 3.91. The Balaban J connectivity index is 2.28. The molecule has 0 fully saturated rings. The van der Waals surface area contributed by atoms with Gasteiger partial charge in [0.25, 0.3) is 0 Å². The Kier molecular flexibility index (Phi) is 4.87. The van der Waals surface area contributed by atoms with Crippen LogP contribution < -0.4 is 4.74 Å². The molecule has 0 atom stereocenters. The summed E-state index contributed by atoms with van der Waals surface area (Å²) in [6, 6.07) is 2.87. The molecule has 8 heteroatoms. The summed E-state index contributed by atoms with van der Waals surface area (Å²) in [4.78, 5) is 20.5. The number of nitrogens with zero attached hydrogens (tertiary/aromatic N) is 4. The van der Waals surface area contributed by atoms with Crippen LogP contribution in [0.25, 0.3) is 10.9 Å². The maximum atomic E-state index is 11.2. The summed E-state index contributed by atoms with van der Waals surface area (Å²) in [5, 5.41) is 11.8. The van der Waals surface area contributed by atoms with Gasteiger partial charge in [-0.15, -0.1) is 0 Å². The highest BCUT2D eigenvalue weighted by molar-refractivity contribution is 6.34. The number of aromatic nitrogens is 2. The summed E-state index contributed by atoms with van der Waals surface area (Å²) < 4.78 is 5.53. The summed E-state index contributed by atoms with van der Waals surface area (Å²) >= 11 is 5.93. The highest BCUT2D eigenvalue weighted by atomic mass is 35.5. The van der Waals surface area contributed by atoms with E-state index in [9.17, 15) is 10.1 Å². The zero-order valence-corrected chi connectivity index (χ0v) is 12.5. The van der Waals surface area contributed by atoms with Crippen LogP contribution in [0.15, 0.2) is 18.5 Å². The molecule has 0 radical (unpaired) electrons. The van der Waals surface area contributed by atoms with Gasteiger partial charge in [-0.05, 0) is 20.5 Å². The van der Waals surface area contributed by atoms with E-state index in [0.29, 0.717) is 17.5 Å². The van der Waals surface area contributed by atoms with Gasteiger partial charge in [0, 0.05) is 24.1 Å². The smallest absolute Gasteiger partial charge is 0.311 e. The van der Waals surface area contributed by atoms with Gasteiger partial charge in [0.05, 0.1) is 17.0 Å². The molecular weight excluding hydrogens is 296 g/mol. The Morgan fingerprint density at radius 2 is 2.14 bits per heavy atom. The van der Waals surface area contributed by atoms with Crippen molar-refractivity contribution >= 4 is 28.2 Å². The zero-order chi connectivity index (χ0) is 15.4. The number of rotatable bonds is 6. The predicted molar refractivity (Wildman–Crippen MR) is 79.9 cm³/mol. The Labute approximate surface area is 126 Å². The van der Waals surface area contributed by atoms with Crippen molar-refractivity contribution in [1.29, 1.82) is 0 Å². The van der Waals surface area contributed by atoms with Crippen LogP contribution in [0, 0.1) is 10.1 Å². The molecule has 0 N–H and O–H groups in total. The quantitative estimate of drug-likeness (QED) is 0.353. The lowest BCUT2D eigenvalue weighted by Crippen LogP contribution is -2.15. The van der Waals surface area contributed by atoms with Gasteiger partial charge >= 0.3 is 5.69 Å². The summed E-state index contributed by atoms with van der Waals surface area (Å²) in [5.41, 5.74) is 0.382. The van der Waals surface area contributed by atoms with Crippen LogP contribution in [0.3, 0.4) is 0 Å². The first kappa shape index (κ1) is 15.4. The van der Waals surface area contributed by atoms with E-state index in [1.165, 1.54) is 18.5 Å². The van der Waals surface area contributed by atoms with Crippen LogP contribution in [-0.2, 0) is 0 Å². The normalized spacial score (nSPS) is 11.0. The molecule has 7 nitrogen and oxygen atoms in total. The largest absolute Gasteiger partial charge is 0.487 e. The molecule has 0 bridgehead atoms. The van der Waals surface area contributed by atoms with E-state index in [0.717, 1.165) is 13.0 Å². The second-order valence-corrected chi connectivity index (χ2v) is 5.12. The molecule has 0 aliphatic carbocycles. The van der Waals surface area contributed by atoms with Crippen molar-refractivity contribution in [3.8, 4) is 5.75 Å². The molecule has 1 aromatic heterocycles. The standard InChI is InChI=1S/C13H15ClN4O3/c1-17(2)4-3-5-21-12-7-10-9(6-11(12)18(19)20)13(14)16-8-15-10/h6-8H,3-5H2,1-2H3. The number of fused-ring (bicyclic) bond motifs is 1. The minimum atomic E-state index is -0.496. The van der Waals surface area contributed by atoms with Crippen LogP contribution in [0.1, 0.15) is 6.42 Å². The van der Waals surface area contributed by atoms with Crippen molar-refractivity contribution in [3.05, 3.63) is 33.7 Å². The monoisotopic (exact) mass is 310 g/mol. The Hall–Kier alpha value is -1.99. The van der Waals surface area contributed by atoms with Gasteiger partial charge in [-0.25, -0.2) is 9.97 Å². The van der Waals surface area contributed by atoms with Crippen molar-refractivity contribution < 1.29 is 9.66 Å². The Morgan fingerprint density at radius 1 is 1.38 bits per heavy atom. The molecule has 21 heavy (non-hydrogen) atoms. The Morgan fingerprint density at radius 3 is 2.81 bits per heavy atom. The maximum Gasteiger partial charge on any atom is 0.311 e. The molecule has 0 aliphatic heterocycles. The highest BCUT2D eigenvalue weighted by Crippen LogP contribution is 2.33. The van der Waals surface area contributed by atoms with E-state index < -0.39 is 4.92 Å². The number of hydrogen-bond acceptors (Lipinski definition) is 6. The van der Waals surface area contributed by atoms with Gasteiger partial charge in [-0.2, -0.15) is 0 Å². The molecular formula is C13H15ClN4O3. The third kappa shape index (κ3) is 3.77. The minimum Gasteiger partial charge on any atom is -0.487 e. The minimum absolute atomic E-state index is 0.135. The number of hydrogen-bond donors (Lipinski definition) is 0. The van der Waals surface area contributed by atoms with E-state index in [-0.39, 0.29) is 16.6 Å². The van der Waals surface area contributed by atoms with E-state index >= 15 is 0 Å². The number of nitro benzene ring substituents is 1. The first-order valence-corrected chi connectivity index (χ1v) is 6.73. The second-order valence-electron chi connectivity index (χ2n) is 4.76. The van der Waals surface area contributed by atoms with Crippen LogP contribution in [0.2, 0.25) is 5.15 Å². The fourth-order valence-electron chi connectivity index (χ4n) is 1.86. The molecule has 0 spiro atoms. The first-order chi connectivity index (χ1) is 9.99. The molecule has 112 valence electrons. The van der Waals surface area contributed by atoms with Crippen LogP contribution in [-0.4, -0.2) is 47.0 Å². The van der Waals surface area contributed by atoms with E-state index in [1.54, 1.807) is 0 Å². The van der Waals surface area contributed by atoms with Crippen LogP contribution >= 0.6 is 11.6 Å². The van der Waals surface area contributed by atoms with Gasteiger partial charge in [0.2, 0.25) is 0 Å². The van der Waals surface area contributed by atoms with Crippen molar-refractivity contribution in [2.45, 2.75) is 6.42 Å². The third-order valence-electron chi connectivity index (χ3n) is 2.87. The fourth-order valence-corrected chi connectivity index (χ4v) is 2.06. The summed E-state index contributed by atoms with van der Waals surface area (Å²) in [6.45, 7) is 1.23. The van der Waals surface area contributed by atoms with Gasteiger partial charge in [0.1, 0.15) is 11.5 Å². The average molecular weight is 311 g/mol. The van der Waals surface area contributed by atoms with Gasteiger partial charge in [-0.3, -0.25) is 10.1 Å². The SMILES string of the molecule is CN(C)CCCOc1cc2ncnc(Cl)c2cc1[N+](=O)[O-]. The number of benzene rings is 1. The molecule has 0 saturated heterocycles. The topological polar surface area (TPSA) is 81.4 Å². The molecule has 1 aromatic carbocycles. The predicted octanol–water partition coefficient (Wildman–Crippen LogP) is 2.52. The third-order valence-corrected chi connectivity index (χ3v) is 3.17. The number of halogens is 1. The van der Waals surface area contributed by atoms with Gasteiger partial charge in [0.15, 0.2) is 5.75 Å². The lowest BCUT2D eigenvalue weighted by molar-refractivity contribution is -0.385. The number of ether oxygens (including phenoxy) is 1. The van der Waals surface area contributed by atoms with E-state index in [1.807, 2.05) is 19.0 Å². The number of nitro groups is 1. The summed E-state index contributed by atoms with van der Waals surface area (Å²) in [6.07, 6.45) is 2.08. The molecule has 2 rings (SSSR count). The molecule has 1 heterocycles.